The highest BCUT2D eigenvalue weighted by Crippen LogP contribution is 2.14. The number of nitrogens with one attached hydrogen (secondary N) is 1. The van der Waals surface area contributed by atoms with E-state index < -0.39 is 10.0 Å². The second-order valence-corrected chi connectivity index (χ2v) is 6.56. The van der Waals surface area contributed by atoms with Gasteiger partial charge in [-0.15, -0.1) is 11.3 Å². The number of sulfonamides is 1. The minimum Gasteiger partial charge on any atom is -0.375 e. The minimum atomic E-state index is -3.69. The topological polar surface area (TPSA) is 109 Å². The molecule has 0 bridgehead atoms. The molecule has 1 aromatic heterocycles. The fourth-order valence-electron chi connectivity index (χ4n) is 1.62. The third kappa shape index (κ3) is 3.33. The van der Waals surface area contributed by atoms with Crippen LogP contribution in [0.4, 0.5) is 5.13 Å². The molecule has 0 amide bonds. The van der Waals surface area contributed by atoms with Gasteiger partial charge < -0.3 is 5.73 Å². The lowest BCUT2D eigenvalue weighted by Crippen LogP contribution is -2.26. The van der Waals surface area contributed by atoms with E-state index in [1.165, 1.54) is 23.5 Å². The van der Waals surface area contributed by atoms with E-state index >= 15 is 0 Å². The molecule has 8 heteroatoms. The van der Waals surface area contributed by atoms with Crippen LogP contribution in [0.15, 0.2) is 34.5 Å². The molecule has 0 radical (unpaired) electrons. The minimum absolute atomic E-state index is 0.0136. The average Bonchev–Trinajstić information content (AvgIpc) is 2.84. The van der Waals surface area contributed by atoms with Gasteiger partial charge in [0.05, 0.1) is 16.2 Å². The molecule has 1 aromatic carbocycles. The highest BCUT2D eigenvalue weighted by molar-refractivity contribution is 7.89. The van der Waals surface area contributed by atoms with Gasteiger partial charge in [-0.3, -0.25) is 0 Å². The standard InChI is InChI=1S/C12H12N4O2S2/c13-7-9-3-1-2-4-11(9)20(17,18)15-6-5-10-8-19-12(14)16-10/h1-4,8,15H,5-6H2,(H2,14,16). The van der Waals surface area contributed by atoms with Crippen molar-refractivity contribution in [1.82, 2.24) is 9.71 Å². The third-order valence-electron chi connectivity index (χ3n) is 2.54. The molecular weight excluding hydrogens is 296 g/mol. The Morgan fingerprint density at radius 3 is 2.80 bits per heavy atom. The van der Waals surface area contributed by atoms with Crippen LogP contribution in [0, 0.1) is 11.3 Å². The maximum atomic E-state index is 12.1. The van der Waals surface area contributed by atoms with E-state index in [4.69, 9.17) is 11.0 Å². The van der Waals surface area contributed by atoms with Gasteiger partial charge in [0.25, 0.3) is 0 Å². The zero-order chi connectivity index (χ0) is 14.6. The van der Waals surface area contributed by atoms with Crippen LogP contribution in [-0.4, -0.2) is 19.9 Å². The zero-order valence-electron chi connectivity index (χ0n) is 10.4. The summed E-state index contributed by atoms with van der Waals surface area (Å²) in [5.74, 6) is 0. The summed E-state index contributed by atoms with van der Waals surface area (Å²) < 4.78 is 26.7. The van der Waals surface area contributed by atoms with Crippen molar-refractivity contribution in [3.05, 3.63) is 40.9 Å². The zero-order valence-corrected chi connectivity index (χ0v) is 12.0. The summed E-state index contributed by atoms with van der Waals surface area (Å²) in [5, 5.41) is 11.2. The number of anilines is 1. The van der Waals surface area contributed by atoms with Gasteiger partial charge in [-0.1, -0.05) is 12.1 Å². The molecule has 0 saturated carbocycles. The SMILES string of the molecule is N#Cc1ccccc1S(=O)(=O)NCCc1csc(N)n1. The number of aromatic nitrogens is 1. The summed E-state index contributed by atoms with van der Waals surface area (Å²) >= 11 is 1.31. The summed E-state index contributed by atoms with van der Waals surface area (Å²) in [6, 6.07) is 7.94. The van der Waals surface area contributed by atoms with Crippen molar-refractivity contribution in [3.63, 3.8) is 0 Å². The number of nitrogens with zero attached hydrogens (tertiary/aromatic N) is 2. The number of benzene rings is 1. The van der Waals surface area contributed by atoms with Crippen molar-refractivity contribution >= 4 is 26.5 Å². The van der Waals surface area contributed by atoms with Gasteiger partial charge >= 0.3 is 0 Å². The Bertz CT molecular complexity index is 747. The summed E-state index contributed by atoms with van der Waals surface area (Å²) in [4.78, 5) is 4.03. The first-order valence-electron chi connectivity index (χ1n) is 5.71. The van der Waals surface area contributed by atoms with Crippen LogP contribution in [0.1, 0.15) is 11.3 Å². The predicted octanol–water partition coefficient (Wildman–Crippen LogP) is 1.12. The monoisotopic (exact) mass is 308 g/mol. The summed E-state index contributed by atoms with van der Waals surface area (Å²) in [6.07, 6.45) is 0.446. The molecule has 0 saturated heterocycles. The largest absolute Gasteiger partial charge is 0.375 e. The first-order valence-corrected chi connectivity index (χ1v) is 8.08. The lowest BCUT2D eigenvalue weighted by atomic mass is 10.2. The second-order valence-electron chi connectivity index (χ2n) is 3.93. The highest BCUT2D eigenvalue weighted by atomic mass is 32.2. The molecule has 0 aliphatic heterocycles. The molecule has 0 spiro atoms. The number of thiazole rings is 1. The summed E-state index contributed by atoms with van der Waals surface area (Å²) in [6.45, 7) is 0.200. The Labute approximate surface area is 120 Å². The number of hydrogen-bond donors (Lipinski definition) is 2. The molecule has 0 aliphatic rings. The number of nitrogens with two attached hydrogens (primary N) is 1. The van der Waals surface area contributed by atoms with Crippen LogP contribution in [0.25, 0.3) is 0 Å². The van der Waals surface area contributed by atoms with Gasteiger partial charge in [-0.05, 0) is 12.1 Å². The van der Waals surface area contributed by atoms with Crippen molar-refractivity contribution in [3.8, 4) is 6.07 Å². The van der Waals surface area contributed by atoms with E-state index in [9.17, 15) is 8.42 Å². The number of hydrogen-bond acceptors (Lipinski definition) is 6. The normalized spacial score (nSPS) is 11.2. The number of nitrogen functional groups attached to an aromatic ring is 1. The van der Waals surface area contributed by atoms with Crippen molar-refractivity contribution in [1.29, 1.82) is 5.26 Å². The maximum absolute atomic E-state index is 12.1. The first-order chi connectivity index (χ1) is 9.53. The van der Waals surface area contributed by atoms with Gasteiger partial charge in [0, 0.05) is 18.3 Å². The molecular formula is C12H12N4O2S2. The predicted molar refractivity (Wildman–Crippen MR) is 76.6 cm³/mol. The van der Waals surface area contributed by atoms with Crippen molar-refractivity contribution in [2.45, 2.75) is 11.3 Å². The Balaban J connectivity index is 2.06. The molecule has 20 heavy (non-hydrogen) atoms. The van der Waals surface area contributed by atoms with E-state index in [1.54, 1.807) is 17.5 Å². The average molecular weight is 308 g/mol. The quantitative estimate of drug-likeness (QED) is 0.860. The van der Waals surface area contributed by atoms with Gasteiger partial charge in [0.15, 0.2) is 5.13 Å². The van der Waals surface area contributed by atoms with Crippen LogP contribution in [-0.2, 0) is 16.4 Å². The van der Waals surface area contributed by atoms with Crippen LogP contribution in [0.2, 0.25) is 0 Å². The van der Waals surface area contributed by atoms with Gasteiger partial charge in [-0.2, -0.15) is 5.26 Å². The molecule has 3 N–H and O–H groups in total. The second kappa shape index (κ2) is 6.00. The van der Waals surface area contributed by atoms with Crippen molar-refractivity contribution in [2.24, 2.45) is 0 Å². The number of rotatable bonds is 5. The Kier molecular flexibility index (Phi) is 4.34. The Hall–Kier alpha value is -1.95. The van der Waals surface area contributed by atoms with E-state index in [0.717, 1.165) is 5.69 Å². The molecule has 2 aromatic rings. The first kappa shape index (κ1) is 14.5. The fourth-order valence-corrected chi connectivity index (χ4v) is 3.41. The number of nitriles is 1. The Morgan fingerprint density at radius 2 is 2.15 bits per heavy atom. The van der Waals surface area contributed by atoms with E-state index in [0.29, 0.717) is 11.6 Å². The van der Waals surface area contributed by atoms with Crippen molar-refractivity contribution < 1.29 is 8.42 Å². The van der Waals surface area contributed by atoms with E-state index in [2.05, 4.69) is 9.71 Å². The van der Waals surface area contributed by atoms with Crippen molar-refractivity contribution in [2.75, 3.05) is 12.3 Å². The van der Waals surface area contributed by atoms with Gasteiger partial charge in [0.2, 0.25) is 10.0 Å². The Morgan fingerprint density at radius 1 is 1.40 bits per heavy atom. The molecule has 6 nitrogen and oxygen atoms in total. The summed E-state index contributed by atoms with van der Waals surface area (Å²) in [7, 11) is -3.69. The lowest BCUT2D eigenvalue weighted by molar-refractivity contribution is 0.581. The third-order valence-corrected chi connectivity index (χ3v) is 4.78. The maximum Gasteiger partial charge on any atom is 0.241 e. The molecule has 0 aliphatic carbocycles. The molecule has 2 rings (SSSR count). The van der Waals surface area contributed by atoms with Crippen LogP contribution >= 0.6 is 11.3 Å². The molecule has 0 unspecified atom stereocenters. The van der Waals surface area contributed by atoms with Crippen LogP contribution in [0.5, 0.6) is 0 Å². The smallest absolute Gasteiger partial charge is 0.241 e. The van der Waals surface area contributed by atoms with Gasteiger partial charge in [-0.25, -0.2) is 18.1 Å². The molecule has 1 heterocycles. The lowest BCUT2D eigenvalue weighted by Gasteiger charge is -2.07. The van der Waals surface area contributed by atoms with Crippen LogP contribution < -0.4 is 10.5 Å². The molecule has 0 atom stereocenters. The van der Waals surface area contributed by atoms with Gasteiger partial charge in [0.1, 0.15) is 6.07 Å². The van der Waals surface area contributed by atoms with Crippen LogP contribution in [0.3, 0.4) is 0 Å². The fraction of sp³-hybridized carbons (Fsp3) is 0.167. The van der Waals surface area contributed by atoms with E-state index in [1.807, 2.05) is 6.07 Å². The molecule has 0 fully saturated rings. The molecule has 104 valence electrons. The van der Waals surface area contributed by atoms with E-state index in [-0.39, 0.29) is 17.0 Å². The highest BCUT2D eigenvalue weighted by Gasteiger charge is 2.17. The summed E-state index contributed by atoms with van der Waals surface area (Å²) in [5.41, 5.74) is 6.36.